The van der Waals surface area contributed by atoms with Crippen molar-refractivity contribution in [2.24, 2.45) is 0 Å². The third-order valence-electron chi connectivity index (χ3n) is 2.90. The summed E-state index contributed by atoms with van der Waals surface area (Å²) in [5.41, 5.74) is 0.451. The highest BCUT2D eigenvalue weighted by Gasteiger charge is 2.21. The van der Waals surface area contributed by atoms with Crippen LogP contribution >= 0.6 is 11.6 Å². The molecule has 0 radical (unpaired) electrons. The maximum absolute atomic E-state index is 13.5. The first-order valence-corrected chi connectivity index (χ1v) is 8.04. The Balaban J connectivity index is 2.10. The van der Waals surface area contributed by atoms with E-state index in [1.807, 2.05) is 0 Å². The standard InChI is InChI=1S/C14H12ClF2NO3S/c15-10-3-1-9(2-4-10)13(19)8-18-22(20,21)14-6-5-11(16)7-12(14)17/h1-7,13,18-19H,8H2. The summed E-state index contributed by atoms with van der Waals surface area (Å²) in [7, 11) is -4.20. The number of sulfonamides is 1. The Morgan fingerprint density at radius 1 is 1.14 bits per heavy atom. The zero-order valence-corrected chi connectivity index (χ0v) is 12.7. The summed E-state index contributed by atoms with van der Waals surface area (Å²) in [6.45, 7) is -0.360. The lowest BCUT2D eigenvalue weighted by atomic mass is 10.1. The van der Waals surface area contributed by atoms with E-state index < -0.39 is 32.7 Å². The van der Waals surface area contributed by atoms with Crippen LogP contribution in [-0.2, 0) is 10.0 Å². The maximum atomic E-state index is 13.5. The molecular weight excluding hydrogens is 336 g/mol. The minimum atomic E-state index is -4.20. The second-order valence-corrected chi connectivity index (χ2v) is 6.67. The quantitative estimate of drug-likeness (QED) is 0.873. The molecule has 0 aromatic heterocycles. The molecule has 0 aliphatic heterocycles. The van der Waals surface area contributed by atoms with Crippen molar-refractivity contribution in [3.63, 3.8) is 0 Å². The van der Waals surface area contributed by atoms with E-state index in [1.54, 1.807) is 24.3 Å². The van der Waals surface area contributed by atoms with E-state index >= 15 is 0 Å². The van der Waals surface area contributed by atoms with Gasteiger partial charge in [-0.15, -0.1) is 0 Å². The first kappa shape index (κ1) is 16.8. The van der Waals surface area contributed by atoms with Crippen LogP contribution in [0.25, 0.3) is 0 Å². The van der Waals surface area contributed by atoms with Crippen molar-refractivity contribution < 1.29 is 22.3 Å². The molecule has 0 spiro atoms. The second-order valence-electron chi connectivity index (χ2n) is 4.49. The monoisotopic (exact) mass is 347 g/mol. The van der Waals surface area contributed by atoms with E-state index in [2.05, 4.69) is 4.72 Å². The molecule has 1 atom stereocenters. The maximum Gasteiger partial charge on any atom is 0.243 e. The molecule has 8 heteroatoms. The molecule has 0 aliphatic carbocycles. The van der Waals surface area contributed by atoms with E-state index in [0.717, 1.165) is 12.1 Å². The molecule has 0 saturated carbocycles. The normalized spacial score (nSPS) is 13.1. The van der Waals surface area contributed by atoms with Gasteiger partial charge in [-0.05, 0) is 29.8 Å². The Morgan fingerprint density at radius 3 is 2.36 bits per heavy atom. The lowest BCUT2D eigenvalue weighted by Crippen LogP contribution is -2.29. The minimum absolute atomic E-state index is 0.360. The number of aliphatic hydroxyl groups is 1. The molecule has 2 N–H and O–H groups in total. The molecule has 4 nitrogen and oxygen atoms in total. The molecule has 0 bridgehead atoms. The Morgan fingerprint density at radius 2 is 1.77 bits per heavy atom. The predicted molar refractivity (Wildman–Crippen MR) is 78.0 cm³/mol. The highest BCUT2D eigenvalue weighted by atomic mass is 35.5. The van der Waals surface area contributed by atoms with Crippen molar-refractivity contribution in [2.45, 2.75) is 11.0 Å². The molecule has 118 valence electrons. The molecule has 0 amide bonds. The molecule has 1 unspecified atom stereocenters. The number of halogens is 3. The zero-order chi connectivity index (χ0) is 16.3. The van der Waals surface area contributed by atoms with Gasteiger partial charge in [-0.25, -0.2) is 21.9 Å². The van der Waals surface area contributed by atoms with Crippen LogP contribution in [0.1, 0.15) is 11.7 Å². The summed E-state index contributed by atoms with van der Waals surface area (Å²) in [6, 6.07) is 8.32. The fourth-order valence-corrected chi connectivity index (χ4v) is 2.98. The van der Waals surface area contributed by atoms with Crippen LogP contribution in [0.15, 0.2) is 47.4 Å². The number of hydrogen-bond acceptors (Lipinski definition) is 3. The van der Waals surface area contributed by atoms with E-state index in [9.17, 15) is 22.3 Å². The van der Waals surface area contributed by atoms with E-state index in [0.29, 0.717) is 16.7 Å². The predicted octanol–water partition coefficient (Wildman–Crippen LogP) is 2.63. The van der Waals surface area contributed by atoms with E-state index in [1.165, 1.54) is 0 Å². The Kier molecular flexibility index (Phi) is 5.12. The van der Waals surface area contributed by atoms with Gasteiger partial charge in [0.25, 0.3) is 0 Å². The van der Waals surface area contributed by atoms with Crippen molar-refractivity contribution in [1.82, 2.24) is 4.72 Å². The highest BCUT2D eigenvalue weighted by Crippen LogP contribution is 2.18. The van der Waals surface area contributed by atoms with Crippen LogP contribution in [0.5, 0.6) is 0 Å². The van der Waals surface area contributed by atoms with Crippen LogP contribution in [0.3, 0.4) is 0 Å². The summed E-state index contributed by atoms with van der Waals surface area (Å²) >= 11 is 5.71. The first-order valence-electron chi connectivity index (χ1n) is 6.18. The van der Waals surface area contributed by atoms with Gasteiger partial charge in [0.05, 0.1) is 6.10 Å². The molecule has 0 saturated heterocycles. The first-order chi connectivity index (χ1) is 10.3. The van der Waals surface area contributed by atoms with Crippen LogP contribution < -0.4 is 4.72 Å². The van der Waals surface area contributed by atoms with Gasteiger partial charge in [0, 0.05) is 17.6 Å². The van der Waals surface area contributed by atoms with Gasteiger partial charge < -0.3 is 5.11 Å². The van der Waals surface area contributed by atoms with Crippen molar-refractivity contribution >= 4 is 21.6 Å². The molecule has 2 aromatic carbocycles. The molecule has 0 fully saturated rings. The summed E-state index contributed by atoms with van der Waals surface area (Å²) in [6.07, 6.45) is -1.13. The van der Waals surface area contributed by atoms with E-state index in [4.69, 9.17) is 11.6 Å². The van der Waals surface area contributed by atoms with Gasteiger partial charge in [0.15, 0.2) is 0 Å². The Labute approximate surface area is 131 Å². The van der Waals surface area contributed by atoms with Gasteiger partial charge >= 0.3 is 0 Å². The number of aliphatic hydroxyl groups excluding tert-OH is 1. The van der Waals surface area contributed by atoms with Crippen molar-refractivity contribution in [3.05, 3.63) is 64.7 Å². The Hall–Kier alpha value is -1.54. The zero-order valence-electron chi connectivity index (χ0n) is 11.1. The van der Waals surface area contributed by atoms with Crippen LogP contribution in [0, 0.1) is 11.6 Å². The fraction of sp³-hybridized carbons (Fsp3) is 0.143. The van der Waals surface area contributed by atoms with E-state index in [-0.39, 0.29) is 6.54 Å². The number of rotatable bonds is 5. The molecule has 0 heterocycles. The second kappa shape index (κ2) is 6.70. The average Bonchev–Trinajstić information content (AvgIpc) is 2.45. The molecular formula is C14H12ClF2NO3S. The van der Waals surface area contributed by atoms with Gasteiger partial charge in [-0.1, -0.05) is 23.7 Å². The largest absolute Gasteiger partial charge is 0.387 e. The van der Waals surface area contributed by atoms with Crippen LogP contribution in [0.2, 0.25) is 5.02 Å². The van der Waals surface area contributed by atoms with Crippen LogP contribution in [0.4, 0.5) is 8.78 Å². The van der Waals surface area contributed by atoms with Crippen molar-refractivity contribution in [1.29, 1.82) is 0 Å². The van der Waals surface area contributed by atoms with Gasteiger partial charge in [-0.3, -0.25) is 0 Å². The molecule has 2 rings (SSSR count). The third-order valence-corrected chi connectivity index (χ3v) is 4.61. The number of nitrogens with one attached hydrogen (secondary N) is 1. The molecule has 22 heavy (non-hydrogen) atoms. The summed E-state index contributed by atoms with van der Waals surface area (Å²) < 4.78 is 52.3. The smallest absolute Gasteiger partial charge is 0.243 e. The fourth-order valence-electron chi connectivity index (χ4n) is 1.76. The number of hydrogen-bond donors (Lipinski definition) is 2. The lowest BCUT2D eigenvalue weighted by Gasteiger charge is -2.13. The number of benzene rings is 2. The van der Waals surface area contributed by atoms with Crippen LogP contribution in [-0.4, -0.2) is 20.1 Å². The summed E-state index contributed by atoms with van der Waals surface area (Å²) in [5.74, 6) is -2.08. The minimum Gasteiger partial charge on any atom is -0.387 e. The SMILES string of the molecule is O=S(=O)(NCC(O)c1ccc(Cl)cc1)c1ccc(F)cc1F. The van der Waals surface area contributed by atoms with Gasteiger partial charge in [0.1, 0.15) is 16.5 Å². The summed E-state index contributed by atoms with van der Waals surface area (Å²) in [4.78, 5) is -0.683. The molecule has 2 aromatic rings. The molecule has 0 aliphatic rings. The summed E-state index contributed by atoms with van der Waals surface area (Å²) in [5, 5.41) is 10.4. The van der Waals surface area contributed by atoms with Crippen molar-refractivity contribution in [2.75, 3.05) is 6.54 Å². The third kappa shape index (κ3) is 4.01. The highest BCUT2D eigenvalue weighted by molar-refractivity contribution is 7.89. The lowest BCUT2D eigenvalue weighted by molar-refractivity contribution is 0.182. The average molecular weight is 348 g/mol. The topological polar surface area (TPSA) is 66.4 Å². The van der Waals surface area contributed by atoms with Gasteiger partial charge in [0.2, 0.25) is 10.0 Å². The Bertz CT molecular complexity index is 766. The van der Waals surface area contributed by atoms with Gasteiger partial charge in [-0.2, -0.15) is 0 Å². The van der Waals surface area contributed by atoms with Crippen molar-refractivity contribution in [3.8, 4) is 0 Å².